The largest absolute Gasteiger partial charge is 0.495 e. The Labute approximate surface area is 99.9 Å². The van der Waals surface area contributed by atoms with Gasteiger partial charge in [0.15, 0.2) is 0 Å². The van der Waals surface area contributed by atoms with Gasteiger partial charge in [-0.25, -0.2) is 0 Å². The number of carbonyl (C=O) groups excluding carboxylic acids is 1. The first kappa shape index (κ1) is 12.6. The monoisotopic (exact) mass is 242 g/mol. The van der Waals surface area contributed by atoms with E-state index in [0.717, 1.165) is 0 Å². The van der Waals surface area contributed by atoms with Crippen LogP contribution in [0.3, 0.4) is 0 Å². The van der Waals surface area contributed by atoms with Crippen LogP contribution in [-0.4, -0.2) is 26.1 Å². The van der Waals surface area contributed by atoms with Crippen molar-refractivity contribution >= 4 is 23.2 Å². The maximum Gasteiger partial charge on any atom is 0.239 e. The number of halogens is 1. The van der Waals surface area contributed by atoms with Crippen LogP contribution >= 0.6 is 11.6 Å². The van der Waals surface area contributed by atoms with Crippen molar-refractivity contribution in [2.24, 2.45) is 0 Å². The number of carbonyl (C=O) groups is 1. The Morgan fingerprint density at radius 3 is 2.88 bits per heavy atom. The molecule has 0 aliphatic rings. The Balaban J connectivity index is 2.65. The molecular formula is C11H15ClN2O2. The van der Waals surface area contributed by atoms with Crippen molar-refractivity contribution in [3.05, 3.63) is 23.2 Å². The topological polar surface area (TPSA) is 50.4 Å². The molecule has 0 aliphatic heterocycles. The van der Waals surface area contributed by atoms with Crippen LogP contribution in [0.4, 0.5) is 5.69 Å². The minimum absolute atomic E-state index is 0.0653. The number of benzene rings is 1. The number of likely N-dealkylation sites (N-methyl/N-ethyl adjacent to an activating group) is 1. The minimum Gasteiger partial charge on any atom is -0.495 e. The molecule has 16 heavy (non-hydrogen) atoms. The molecule has 1 aromatic carbocycles. The van der Waals surface area contributed by atoms with Gasteiger partial charge in [0.05, 0.1) is 19.3 Å². The summed E-state index contributed by atoms with van der Waals surface area (Å²) in [6.45, 7) is 2.69. The Morgan fingerprint density at radius 2 is 2.25 bits per heavy atom. The van der Waals surface area contributed by atoms with Crippen LogP contribution in [0.25, 0.3) is 0 Å². The second-order valence-corrected chi connectivity index (χ2v) is 3.59. The lowest BCUT2D eigenvalue weighted by Crippen LogP contribution is -2.29. The SMILES string of the molecule is CCNC(=O)CNc1cc(Cl)ccc1OC. The van der Waals surface area contributed by atoms with E-state index >= 15 is 0 Å². The standard InChI is InChI=1S/C11H15ClN2O2/c1-3-13-11(15)7-14-9-6-8(12)4-5-10(9)16-2/h4-6,14H,3,7H2,1-2H3,(H,13,15). The van der Waals surface area contributed by atoms with E-state index in [0.29, 0.717) is 23.0 Å². The lowest BCUT2D eigenvalue weighted by atomic mass is 10.3. The molecule has 0 fully saturated rings. The van der Waals surface area contributed by atoms with E-state index in [4.69, 9.17) is 16.3 Å². The number of methoxy groups -OCH3 is 1. The van der Waals surface area contributed by atoms with Crippen molar-refractivity contribution in [3.8, 4) is 5.75 Å². The van der Waals surface area contributed by atoms with Crippen LogP contribution in [0.15, 0.2) is 18.2 Å². The third-order valence-corrected chi connectivity index (χ3v) is 2.21. The van der Waals surface area contributed by atoms with Gasteiger partial charge in [0.1, 0.15) is 5.75 Å². The highest BCUT2D eigenvalue weighted by atomic mass is 35.5. The predicted molar refractivity (Wildman–Crippen MR) is 65.2 cm³/mol. The smallest absolute Gasteiger partial charge is 0.239 e. The molecule has 88 valence electrons. The van der Waals surface area contributed by atoms with Crippen molar-refractivity contribution in [1.82, 2.24) is 5.32 Å². The lowest BCUT2D eigenvalue weighted by molar-refractivity contribution is -0.119. The van der Waals surface area contributed by atoms with Crippen LogP contribution in [-0.2, 0) is 4.79 Å². The highest BCUT2D eigenvalue weighted by molar-refractivity contribution is 6.30. The van der Waals surface area contributed by atoms with Gasteiger partial charge in [0.2, 0.25) is 5.91 Å². The molecule has 0 aromatic heterocycles. The first-order chi connectivity index (χ1) is 7.67. The van der Waals surface area contributed by atoms with E-state index in [-0.39, 0.29) is 12.5 Å². The van der Waals surface area contributed by atoms with Crippen LogP contribution in [0.1, 0.15) is 6.92 Å². The Bertz CT molecular complexity index is 369. The van der Waals surface area contributed by atoms with E-state index in [9.17, 15) is 4.79 Å². The number of anilines is 1. The minimum atomic E-state index is -0.0653. The fourth-order valence-electron chi connectivity index (χ4n) is 1.25. The number of amides is 1. The number of nitrogens with one attached hydrogen (secondary N) is 2. The Hall–Kier alpha value is -1.42. The maximum atomic E-state index is 11.3. The molecule has 0 saturated heterocycles. The third kappa shape index (κ3) is 3.62. The summed E-state index contributed by atoms with van der Waals surface area (Å²) in [5.41, 5.74) is 0.709. The first-order valence-electron chi connectivity index (χ1n) is 5.01. The van der Waals surface area contributed by atoms with Crippen LogP contribution in [0.2, 0.25) is 5.02 Å². The highest BCUT2D eigenvalue weighted by Gasteiger charge is 2.05. The van der Waals surface area contributed by atoms with Crippen molar-refractivity contribution < 1.29 is 9.53 Å². The molecule has 0 saturated carbocycles. The molecule has 0 heterocycles. The summed E-state index contributed by atoms with van der Waals surface area (Å²) in [7, 11) is 1.57. The molecule has 4 nitrogen and oxygen atoms in total. The normalized spacial score (nSPS) is 9.69. The van der Waals surface area contributed by atoms with Gasteiger partial charge in [-0.05, 0) is 25.1 Å². The molecular weight excluding hydrogens is 228 g/mol. The molecule has 0 unspecified atom stereocenters. The summed E-state index contributed by atoms with van der Waals surface area (Å²) in [6, 6.07) is 5.21. The fraction of sp³-hybridized carbons (Fsp3) is 0.364. The summed E-state index contributed by atoms with van der Waals surface area (Å²) >= 11 is 5.85. The van der Waals surface area contributed by atoms with Crippen molar-refractivity contribution in [1.29, 1.82) is 0 Å². The van der Waals surface area contributed by atoms with Gasteiger partial charge in [0, 0.05) is 11.6 Å². The van der Waals surface area contributed by atoms with E-state index in [1.807, 2.05) is 6.92 Å². The summed E-state index contributed by atoms with van der Waals surface area (Å²) in [5, 5.41) is 6.26. The van der Waals surface area contributed by atoms with Gasteiger partial charge in [0.25, 0.3) is 0 Å². The Morgan fingerprint density at radius 1 is 1.50 bits per heavy atom. The zero-order valence-corrected chi connectivity index (χ0v) is 10.1. The zero-order chi connectivity index (χ0) is 12.0. The molecule has 0 bridgehead atoms. The van der Waals surface area contributed by atoms with Crippen molar-refractivity contribution in [2.45, 2.75) is 6.92 Å². The molecule has 1 amide bonds. The fourth-order valence-corrected chi connectivity index (χ4v) is 1.43. The van der Waals surface area contributed by atoms with E-state index in [1.54, 1.807) is 25.3 Å². The van der Waals surface area contributed by atoms with Crippen molar-refractivity contribution in [2.75, 3.05) is 25.5 Å². The third-order valence-electron chi connectivity index (χ3n) is 1.97. The first-order valence-corrected chi connectivity index (χ1v) is 5.39. The van der Waals surface area contributed by atoms with Gasteiger partial charge in [-0.3, -0.25) is 4.79 Å². The summed E-state index contributed by atoms with van der Waals surface area (Å²) < 4.78 is 5.14. The van der Waals surface area contributed by atoms with E-state index in [2.05, 4.69) is 10.6 Å². The second-order valence-electron chi connectivity index (χ2n) is 3.15. The molecule has 0 spiro atoms. The number of hydrogen-bond donors (Lipinski definition) is 2. The Kier molecular flexibility index (Phi) is 4.92. The summed E-state index contributed by atoms with van der Waals surface area (Å²) in [6.07, 6.45) is 0. The predicted octanol–water partition coefficient (Wildman–Crippen LogP) is 1.90. The zero-order valence-electron chi connectivity index (χ0n) is 9.34. The number of hydrogen-bond acceptors (Lipinski definition) is 3. The quantitative estimate of drug-likeness (QED) is 0.829. The number of rotatable bonds is 5. The molecule has 0 radical (unpaired) electrons. The van der Waals surface area contributed by atoms with Crippen LogP contribution < -0.4 is 15.4 Å². The average molecular weight is 243 g/mol. The maximum absolute atomic E-state index is 11.3. The molecule has 0 aliphatic carbocycles. The molecule has 2 N–H and O–H groups in total. The average Bonchev–Trinajstić information content (AvgIpc) is 2.27. The van der Waals surface area contributed by atoms with Crippen LogP contribution in [0, 0.1) is 0 Å². The van der Waals surface area contributed by atoms with Gasteiger partial charge in [-0.15, -0.1) is 0 Å². The van der Waals surface area contributed by atoms with Gasteiger partial charge < -0.3 is 15.4 Å². The summed E-state index contributed by atoms with van der Waals surface area (Å²) in [4.78, 5) is 11.3. The molecule has 1 aromatic rings. The van der Waals surface area contributed by atoms with E-state index in [1.165, 1.54) is 0 Å². The van der Waals surface area contributed by atoms with Gasteiger partial charge >= 0.3 is 0 Å². The van der Waals surface area contributed by atoms with Gasteiger partial charge in [-0.1, -0.05) is 11.6 Å². The molecule has 5 heteroatoms. The lowest BCUT2D eigenvalue weighted by Gasteiger charge is -2.11. The molecule has 0 atom stereocenters. The van der Waals surface area contributed by atoms with E-state index < -0.39 is 0 Å². The second kappa shape index (κ2) is 6.23. The van der Waals surface area contributed by atoms with Crippen LogP contribution in [0.5, 0.6) is 5.75 Å². The van der Waals surface area contributed by atoms with Gasteiger partial charge in [-0.2, -0.15) is 0 Å². The molecule has 1 rings (SSSR count). The highest BCUT2D eigenvalue weighted by Crippen LogP contribution is 2.27. The number of ether oxygens (including phenoxy) is 1. The van der Waals surface area contributed by atoms with Crippen molar-refractivity contribution in [3.63, 3.8) is 0 Å². The summed E-state index contributed by atoms with van der Waals surface area (Å²) in [5.74, 6) is 0.596.